The molecule has 1 aromatic heterocycles. The van der Waals surface area contributed by atoms with Crippen LogP contribution in [-0.2, 0) is 23.1 Å². The molecule has 0 aliphatic carbocycles. The predicted molar refractivity (Wildman–Crippen MR) is 60.6 cm³/mol. The topological polar surface area (TPSA) is 56.6 Å². The van der Waals surface area contributed by atoms with Gasteiger partial charge in [0.05, 0.1) is 26.0 Å². The minimum absolute atomic E-state index is 0.359. The zero-order chi connectivity index (χ0) is 12.3. The first-order chi connectivity index (χ1) is 8.20. The van der Waals surface area contributed by atoms with Gasteiger partial charge in [-0.1, -0.05) is 0 Å². The number of hydrogen-bond acceptors (Lipinski definition) is 5. The Hall–Kier alpha value is -1.40. The Labute approximate surface area is 100 Å². The van der Waals surface area contributed by atoms with E-state index in [0.717, 1.165) is 38.5 Å². The van der Waals surface area contributed by atoms with Gasteiger partial charge in [-0.2, -0.15) is 5.10 Å². The molecule has 17 heavy (non-hydrogen) atoms. The molecule has 1 aliphatic rings. The van der Waals surface area contributed by atoms with Crippen LogP contribution in [0.1, 0.15) is 16.2 Å². The van der Waals surface area contributed by atoms with Crippen molar-refractivity contribution >= 4 is 5.97 Å². The van der Waals surface area contributed by atoms with E-state index in [-0.39, 0.29) is 0 Å². The summed E-state index contributed by atoms with van der Waals surface area (Å²) in [5, 5.41) is 4.13. The third-order valence-electron chi connectivity index (χ3n) is 2.86. The van der Waals surface area contributed by atoms with Crippen LogP contribution in [0.3, 0.4) is 0 Å². The third-order valence-corrected chi connectivity index (χ3v) is 2.86. The fourth-order valence-electron chi connectivity index (χ4n) is 1.85. The number of nitrogens with zero attached hydrogens (tertiary/aromatic N) is 3. The summed E-state index contributed by atoms with van der Waals surface area (Å²) in [4.78, 5) is 13.6. The quantitative estimate of drug-likeness (QED) is 0.697. The maximum Gasteiger partial charge on any atom is 0.358 e. The van der Waals surface area contributed by atoms with Crippen molar-refractivity contribution in [3.05, 3.63) is 17.5 Å². The normalized spacial score (nSPS) is 17.1. The van der Waals surface area contributed by atoms with E-state index in [9.17, 15) is 4.79 Å². The summed E-state index contributed by atoms with van der Waals surface area (Å²) < 4.78 is 11.7. The number of aromatic nitrogens is 2. The lowest BCUT2D eigenvalue weighted by Crippen LogP contribution is -2.36. The van der Waals surface area contributed by atoms with E-state index in [0.29, 0.717) is 5.69 Å². The Bertz CT molecular complexity index is 397. The average molecular weight is 239 g/mol. The molecule has 0 amide bonds. The highest BCUT2D eigenvalue weighted by molar-refractivity contribution is 5.87. The van der Waals surface area contributed by atoms with Gasteiger partial charge in [0.25, 0.3) is 0 Å². The van der Waals surface area contributed by atoms with Gasteiger partial charge in [0.15, 0.2) is 5.69 Å². The number of aryl methyl sites for hydroxylation is 1. The van der Waals surface area contributed by atoms with Crippen LogP contribution in [0.25, 0.3) is 0 Å². The first kappa shape index (κ1) is 12.1. The van der Waals surface area contributed by atoms with Crippen molar-refractivity contribution < 1.29 is 14.3 Å². The van der Waals surface area contributed by atoms with E-state index in [1.165, 1.54) is 7.11 Å². The monoisotopic (exact) mass is 239 g/mol. The van der Waals surface area contributed by atoms with E-state index < -0.39 is 5.97 Å². The van der Waals surface area contributed by atoms with Gasteiger partial charge in [0.2, 0.25) is 0 Å². The Morgan fingerprint density at radius 2 is 2.24 bits per heavy atom. The molecule has 1 fully saturated rings. The molecule has 0 saturated carbocycles. The van der Waals surface area contributed by atoms with Crippen LogP contribution in [0.4, 0.5) is 0 Å². The van der Waals surface area contributed by atoms with Crippen LogP contribution < -0.4 is 0 Å². The minimum Gasteiger partial charge on any atom is -0.464 e. The molecule has 94 valence electrons. The van der Waals surface area contributed by atoms with Crippen molar-refractivity contribution in [3.63, 3.8) is 0 Å². The summed E-state index contributed by atoms with van der Waals surface area (Å²) in [6.45, 7) is 4.14. The number of methoxy groups -OCH3 is 1. The second-order valence-corrected chi connectivity index (χ2v) is 4.02. The van der Waals surface area contributed by atoms with Crippen LogP contribution in [-0.4, -0.2) is 54.1 Å². The maximum atomic E-state index is 11.3. The summed E-state index contributed by atoms with van der Waals surface area (Å²) >= 11 is 0. The lowest BCUT2D eigenvalue weighted by molar-refractivity contribution is 0.0331. The van der Waals surface area contributed by atoms with E-state index in [2.05, 4.69) is 14.7 Å². The standard InChI is InChI=1S/C11H17N3O3/c1-13-9(7-10(12-13)11(15)16-2)8-14-3-5-17-6-4-14/h7H,3-6,8H2,1-2H3. The Kier molecular flexibility index (Phi) is 3.75. The Morgan fingerprint density at radius 1 is 1.53 bits per heavy atom. The lowest BCUT2D eigenvalue weighted by atomic mass is 10.3. The molecule has 1 aromatic rings. The number of hydrogen-bond donors (Lipinski definition) is 0. The third kappa shape index (κ3) is 2.83. The smallest absolute Gasteiger partial charge is 0.358 e. The number of ether oxygens (including phenoxy) is 2. The van der Waals surface area contributed by atoms with Crippen molar-refractivity contribution in [1.29, 1.82) is 0 Å². The molecule has 0 radical (unpaired) electrons. The molecule has 1 saturated heterocycles. The number of esters is 1. The molecule has 0 bridgehead atoms. The molecular formula is C11H17N3O3. The molecule has 2 rings (SSSR count). The average Bonchev–Trinajstić information content (AvgIpc) is 2.71. The predicted octanol–water partition coefficient (Wildman–Crippen LogP) is 0.0389. The van der Waals surface area contributed by atoms with Gasteiger partial charge in [-0.15, -0.1) is 0 Å². The molecule has 2 heterocycles. The molecular weight excluding hydrogens is 222 g/mol. The van der Waals surface area contributed by atoms with E-state index in [4.69, 9.17) is 4.74 Å². The molecule has 0 spiro atoms. The molecule has 6 heteroatoms. The molecule has 0 N–H and O–H groups in total. The van der Waals surface area contributed by atoms with E-state index in [1.54, 1.807) is 10.7 Å². The molecule has 0 unspecified atom stereocenters. The summed E-state index contributed by atoms with van der Waals surface area (Å²) in [6.07, 6.45) is 0. The zero-order valence-electron chi connectivity index (χ0n) is 10.2. The van der Waals surface area contributed by atoms with E-state index in [1.807, 2.05) is 7.05 Å². The minimum atomic E-state index is -0.395. The van der Waals surface area contributed by atoms with Crippen LogP contribution in [0.5, 0.6) is 0 Å². The van der Waals surface area contributed by atoms with Crippen LogP contribution in [0.15, 0.2) is 6.07 Å². The van der Waals surface area contributed by atoms with Gasteiger partial charge in [-0.25, -0.2) is 4.79 Å². The summed E-state index contributed by atoms with van der Waals surface area (Å²) in [6, 6.07) is 1.78. The molecule has 0 aromatic carbocycles. The Morgan fingerprint density at radius 3 is 2.88 bits per heavy atom. The second kappa shape index (κ2) is 5.29. The first-order valence-electron chi connectivity index (χ1n) is 5.62. The number of carbonyl (C=O) groups is 1. The maximum absolute atomic E-state index is 11.3. The lowest BCUT2D eigenvalue weighted by Gasteiger charge is -2.26. The van der Waals surface area contributed by atoms with Crippen molar-refractivity contribution in [2.75, 3.05) is 33.4 Å². The van der Waals surface area contributed by atoms with Crippen LogP contribution in [0, 0.1) is 0 Å². The fourth-order valence-corrected chi connectivity index (χ4v) is 1.85. The zero-order valence-corrected chi connectivity index (χ0v) is 10.2. The van der Waals surface area contributed by atoms with Crippen molar-refractivity contribution in [2.24, 2.45) is 7.05 Å². The first-order valence-corrected chi connectivity index (χ1v) is 5.62. The Balaban J connectivity index is 2.04. The highest BCUT2D eigenvalue weighted by Gasteiger charge is 2.16. The van der Waals surface area contributed by atoms with Gasteiger partial charge in [0.1, 0.15) is 0 Å². The summed E-state index contributed by atoms with van der Waals surface area (Å²) in [5.74, 6) is -0.395. The van der Waals surface area contributed by atoms with Gasteiger partial charge >= 0.3 is 5.97 Å². The van der Waals surface area contributed by atoms with Crippen LogP contribution >= 0.6 is 0 Å². The molecule has 1 aliphatic heterocycles. The van der Waals surface area contributed by atoms with Gasteiger partial charge < -0.3 is 9.47 Å². The van der Waals surface area contributed by atoms with Gasteiger partial charge in [-0.05, 0) is 6.07 Å². The summed E-state index contributed by atoms with van der Waals surface area (Å²) in [5.41, 5.74) is 1.37. The van der Waals surface area contributed by atoms with Crippen molar-refractivity contribution in [1.82, 2.24) is 14.7 Å². The highest BCUT2D eigenvalue weighted by Crippen LogP contribution is 2.09. The number of carbonyl (C=O) groups excluding carboxylic acids is 1. The van der Waals surface area contributed by atoms with Crippen molar-refractivity contribution in [3.8, 4) is 0 Å². The molecule has 6 nitrogen and oxygen atoms in total. The highest BCUT2D eigenvalue weighted by atomic mass is 16.5. The number of rotatable bonds is 3. The van der Waals surface area contributed by atoms with Gasteiger partial charge in [-0.3, -0.25) is 9.58 Å². The largest absolute Gasteiger partial charge is 0.464 e. The number of morpholine rings is 1. The van der Waals surface area contributed by atoms with E-state index >= 15 is 0 Å². The SMILES string of the molecule is COC(=O)c1cc(CN2CCOCC2)n(C)n1. The fraction of sp³-hybridized carbons (Fsp3) is 0.636. The molecule has 0 atom stereocenters. The van der Waals surface area contributed by atoms with Crippen molar-refractivity contribution in [2.45, 2.75) is 6.54 Å². The van der Waals surface area contributed by atoms with Crippen LogP contribution in [0.2, 0.25) is 0 Å². The van der Waals surface area contributed by atoms with Gasteiger partial charge in [0, 0.05) is 26.7 Å². The second-order valence-electron chi connectivity index (χ2n) is 4.02. The summed E-state index contributed by atoms with van der Waals surface area (Å²) in [7, 11) is 3.20.